The second-order valence-corrected chi connectivity index (χ2v) is 9.18. The van der Waals surface area contributed by atoms with Crippen LogP contribution in [0.2, 0.25) is 5.02 Å². The van der Waals surface area contributed by atoms with Crippen molar-refractivity contribution in [1.29, 1.82) is 0 Å². The molecule has 0 saturated carbocycles. The molecular formula is C26H33ClN2O. The SMILES string of the molecule is Cc1cc2[nH]c(COc3ccc(Cl)cc3)c(CCCCC3CCNCC3)c2cc1C. The molecule has 1 aliphatic heterocycles. The van der Waals surface area contributed by atoms with Gasteiger partial charge in [0.15, 0.2) is 0 Å². The van der Waals surface area contributed by atoms with Gasteiger partial charge >= 0.3 is 0 Å². The maximum atomic E-state index is 6.08. The number of H-pyrrole nitrogens is 1. The minimum atomic E-state index is 0.554. The maximum Gasteiger partial charge on any atom is 0.128 e. The van der Waals surface area contributed by atoms with Gasteiger partial charge in [-0.3, -0.25) is 0 Å². The molecule has 0 atom stereocenters. The molecule has 160 valence electrons. The smallest absolute Gasteiger partial charge is 0.128 e. The van der Waals surface area contributed by atoms with Crippen molar-refractivity contribution < 1.29 is 4.74 Å². The van der Waals surface area contributed by atoms with Crippen LogP contribution in [0.5, 0.6) is 5.75 Å². The van der Waals surface area contributed by atoms with Gasteiger partial charge in [-0.05, 0) is 112 Å². The number of aromatic amines is 1. The normalized spacial score (nSPS) is 15.0. The lowest BCUT2D eigenvalue weighted by atomic mass is 9.91. The van der Waals surface area contributed by atoms with Crippen molar-refractivity contribution in [3.05, 3.63) is 63.8 Å². The third-order valence-electron chi connectivity index (χ3n) is 6.55. The molecule has 1 aliphatic rings. The van der Waals surface area contributed by atoms with Crippen LogP contribution in [0.4, 0.5) is 0 Å². The fraction of sp³-hybridized carbons (Fsp3) is 0.462. The van der Waals surface area contributed by atoms with E-state index in [9.17, 15) is 0 Å². The zero-order chi connectivity index (χ0) is 20.9. The first kappa shape index (κ1) is 21.3. The monoisotopic (exact) mass is 424 g/mol. The van der Waals surface area contributed by atoms with Gasteiger partial charge in [-0.15, -0.1) is 0 Å². The van der Waals surface area contributed by atoms with Crippen molar-refractivity contribution in [3.8, 4) is 5.75 Å². The molecular weight excluding hydrogens is 392 g/mol. The van der Waals surface area contributed by atoms with E-state index in [-0.39, 0.29) is 0 Å². The van der Waals surface area contributed by atoms with Crippen LogP contribution in [0.25, 0.3) is 10.9 Å². The first-order valence-electron chi connectivity index (χ1n) is 11.3. The summed E-state index contributed by atoms with van der Waals surface area (Å²) in [4.78, 5) is 3.64. The number of rotatable bonds is 8. The van der Waals surface area contributed by atoms with Crippen molar-refractivity contribution in [2.45, 2.75) is 59.0 Å². The summed E-state index contributed by atoms with van der Waals surface area (Å²) >= 11 is 6.00. The molecule has 0 unspecified atom stereocenters. The summed E-state index contributed by atoms with van der Waals surface area (Å²) in [6, 6.07) is 12.2. The van der Waals surface area contributed by atoms with Gasteiger partial charge < -0.3 is 15.0 Å². The molecule has 30 heavy (non-hydrogen) atoms. The van der Waals surface area contributed by atoms with Crippen molar-refractivity contribution in [2.24, 2.45) is 5.92 Å². The van der Waals surface area contributed by atoms with Crippen LogP contribution in [0, 0.1) is 19.8 Å². The lowest BCUT2D eigenvalue weighted by molar-refractivity contribution is 0.301. The summed E-state index contributed by atoms with van der Waals surface area (Å²) in [6.45, 7) is 7.32. The third kappa shape index (κ3) is 5.19. The Morgan fingerprint density at radius 1 is 1.00 bits per heavy atom. The number of hydrogen-bond donors (Lipinski definition) is 2. The third-order valence-corrected chi connectivity index (χ3v) is 6.81. The summed E-state index contributed by atoms with van der Waals surface area (Å²) in [7, 11) is 0. The van der Waals surface area contributed by atoms with Gasteiger partial charge in [-0.25, -0.2) is 0 Å². The van der Waals surface area contributed by atoms with E-state index >= 15 is 0 Å². The highest BCUT2D eigenvalue weighted by Gasteiger charge is 2.15. The van der Waals surface area contributed by atoms with E-state index in [0.717, 1.165) is 23.1 Å². The molecule has 3 aromatic rings. The van der Waals surface area contributed by atoms with Crippen molar-refractivity contribution in [3.63, 3.8) is 0 Å². The lowest BCUT2D eigenvalue weighted by Crippen LogP contribution is -2.27. The van der Waals surface area contributed by atoms with E-state index in [1.165, 1.54) is 78.5 Å². The average molecular weight is 425 g/mol. The molecule has 0 bridgehead atoms. The number of nitrogens with one attached hydrogen (secondary N) is 2. The first-order valence-corrected chi connectivity index (χ1v) is 11.7. The number of aromatic nitrogens is 1. The number of piperidine rings is 1. The second-order valence-electron chi connectivity index (χ2n) is 8.75. The fourth-order valence-electron chi connectivity index (χ4n) is 4.57. The predicted molar refractivity (Wildman–Crippen MR) is 127 cm³/mol. The zero-order valence-electron chi connectivity index (χ0n) is 18.2. The van der Waals surface area contributed by atoms with E-state index in [1.54, 1.807) is 0 Å². The van der Waals surface area contributed by atoms with E-state index in [2.05, 4.69) is 36.3 Å². The Bertz CT molecular complexity index is 971. The highest BCUT2D eigenvalue weighted by Crippen LogP contribution is 2.29. The molecule has 0 spiro atoms. The summed E-state index contributed by atoms with van der Waals surface area (Å²) < 4.78 is 6.08. The van der Waals surface area contributed by atoms with Crippen molar-refractivity contribution >= 4 is 22.5 Å². The molecule has 2 N–H and O–H groups in total. The predicted octanol–water partition coefficient (Wildman–Crippen LogP) is 6.73. The molecule has 0 radical (unpaired) electrons. The topological polar surface area (TPSA) is 37.0 Å². The molecule has 2 aromatic carbocycles. The molecule has 0 amide bonds. The standard InChI is InChI=1S/C26H33ClN2O/c1-18-15-24-23(6-4-3-5-20-11-13-28-14-12-20)26(29-25(24)16-19(18)2)17-30-22-9-7-21(27)8-10-22/h7-10,15-16,20,28-29H,3-6,11-14,17H2,1-2H3. The van der Waals surface area contributed by atoms with Crippen LogP contribution >= 0.6 is 11.6 Å². The Labute approximate surface area is 185 Å². The Morgan fingerprint density at radius 3 is 2.50 bits per heavy atom. The van der Waals surface area contributed by atoms with Crippen molar-refractivity contribution in [2.75, 3.05) is 13.1 Å². The number of hydrogen-bond acceptors (Lipinski definition) is 2. The number of halogens is 1. The van der Waals surface area contributed by atoms with Crippen LogP contribution in [0.15, 0.2) is 36.4 Å². The molecule has 4 rings (SSSR count). The van der Waals surface area contributed by atoms with E-state index < -0.39 is 0 Å². The average Bonchev–Trinajstić information content (AvgIpc) is 3.08. The molecule has 2 heterocycles. The largest absolute Gasteiger partial charge is 0.487 e. The van der Waals surface area contributed by atoms with Crippen molar-refractivity contribution in [1.82, 2.24) is 10.3 Å². The highest BCUT2D eigenvalue weighted by molar-refractivity contribution is 6.30. The van der Waals surface area contributed by atoms with Crippen LogP contribution in [-0.2, 0) is 13.0 Å². The summed E-state index contributed by atoms with van der Waals surface area (Å²) in [5.74, 6) is 1.76. The summed E-state index contributed by atoms with van der Waals surface area (Å²) in [5, 5.41) is 5.56. The summed E-state index contributed by atoms with van der Waals surface area (Å²) in [5.41, 5.74) is 6.52. The molecule has 0 aliphatic carbocycles. The zero-order valence-corrected chi connectivity index (χ0v) is 18.9. The number of benzene rings is 2. The Morgan fingerprint density at radius 2 is 1.73 bits per heavy atom. The number of unbranched alkanes of at least 4 members (excludes halogenated alkanes) is 1. The van der Waals surface area contributed by atoms with Gasteiger partial charge in [0.2, 0.25) is 0 Å². The molecule has 1 fully saturated rings. The van der Waals surface area contributed by atoms with Crippen LogP contribution in [0.1, 0.15) is 54.5 Å². The van der Waals surface area contributed by atoms with Gasteiger partial charge in [0.05, 0.1) is 5.69 Å². The molecule has 3 nitrogen and oxygen atoms in total. The van der Waals surface area contributed by atoms with Gasteiger partial charge in [-0.1, -0.05) is 24.4 Å². The lowest BCUT2D eigenvalue weighted by Gasteiger charge is -2.22. The maximum absolute atomic E-state index is 6.08. The quantitative estimate of drug-likeness (QED) is 0.393. The van der Waals surface area contributed by atoms with Crippen LogP contribution < -0.4 is 10.1 Å². The van der Waals surface area contributed by atoms with Crippen LogP contribution in [0.3, 0.4) is 0 Å². The van der Waals surface area contributed by atoms with E-state index in [1.807, 2.05) is 24.3 Å². The van der Waals surface area contributed by atoms with E-state index in [0.29, 0.717) is 6.61 Å². The van der Waals surface area contributed by atoms with Gasteiger partial charge in [0, 0.05) is 15.9 Å². The molecule has 1 saturated heterocycles. The number of ether oxygens (including phenoxy) is 1. The molecule has 4 heteroatoms. The van der Waals surface area contributed by atoms with Crippen LogP contribution in [-0.4, -0.2) is 18.1 Å². The van der Waals surface area contributed by atoms with Gasteiger partial charge in [-0.2, -0.15) is 0 Å². The van der Waals surface area contributed by atoms with E-state index in [4.69, 9.17) is 16.3 Å². The summed E-state index contributed by atoms with van der Waals surface area (Å²) in [6.07, 6.45) is 7.68. The highest BCUT2D eigenvalue weighted by atomic mass is 35.5. The minimum absolute atomic E-state index is 0.554. The second kappa shape index (κ2) is 9.89. The fourth-order valence-corrected chi connectivity index (χ4v) is 4.70. The number of fused-ring (bicyclic) bond motifs is 1. The number of aryl methyl sites for hydroxylation is 3. The Hall–Kier alpha value is -1.97. The molecule has 1 aromatic heterocycles. The van der Waals surface area contributed by atoms with Gasteiger partial charge in [0.25, 0.3) is 0 Å². The first-order chi connectivity index (χ1) is 14.6. The van der Waals surface area contributed by atoms with Gasteiger partial charge in [0.1, 0.15) is 12.4 Å². The Balaban J connectivity index is 1.47. The Kier molecular flexibility index (Phi) is 7.01. The minimum Gasteiger partial charge on any atom is -0.487 e.